The predicted octanol–water partition coefficient (Wildman–Crippen LogP) is 1.64. The van der Waals surface area contributed by atoms with Crippen LogP contribution in [0, 0.1) is 0 Å². The highest BCUT2D eigenvalue weighted by molar-refractivity contribution is 5.61. The Labute approximate surface area is 58.4 Å². The molecular weight excluding hydrogens is 139 g/mol. The molecule has 0 amide bonds. The third-order valence-electron chi connectivity index (χ3n) is 0.733. The van der Waals surface area contributed by atoms with Crippen LogP contribution in [-0.2, 0) is 9.47 Å². The van der Waals surface area contributed by atoms with Gasteiger partial charge < -0.3 is 9.47 Å². The zero-order chi connectivity index (χ0) is 7.98. The number of cyclic esters (lactones) is 2. The van der Waals surface area contributed by atoms with Gasteiger partial charge in [-0.05, 0) is 6.92 Å². The Morgan fingerprint density at radius 3 is 2.50 bits per heavy atom. The van der Waals surface area contributed by atoms with Gasteiger partial charge in [-0.2, -0.15) is 0 Å². The Morgan fingerprint density at radius 1 is 1.90 bits per heavy atom. The maximum atomic E-state index is 10.1. The molecule has 58 valence electrons. The molecule has 3 nitrogen and oxygen atoms in total. The van der Waals surface area contributed by atoms with Gasteiger partial charge in [-0.15, -0.1) is 0 Å². The molecule has 4 heteroatoms. The molecule has 0 aromatic carbocycles. The van der Waals surface area contributed by atoms with E-state index in [0.29, 0.717) is 6.61 Å². The van der Waals surface area contributed by atoms with Gasteiger partial charge in [0.05, 0.1) is 6.33 Å². The number of hydrogen-bond donors (Lipinski definition) is 0. The first-order chi connectivity index (χ1) is 4.70. The van der Waals surface area contributed by atoms with Crippen molar-refractivity contribution < 1.29 is 18.7 Å². The predicted molar refractivity (Wildman–Crippen MR) is 33.2 cm³/mol. The topological polar surface area (TPSA) is 35.5 Å². The van der Waals surface area contributed by atoms with Crippen molar-refractivity contribution in [2.75, 3.05) is 6.61 Å². The molecule has 1 unspecified atom stereocenters. The average molecular weight is 148 g/mol. The molecule has 0 bridgehead atoms. The highest BCUT2D eigenvalue weighted by Gasteiger charge is 2.19. The first kappa shape index (κ1) is 8.94. The lowest BCUT2D eigenvalue weighted by Gasteiger charge is -1.90. The van der Waals surface area contributed by atoms with Gasteiger partial charge >= 0.3 is 6.16 Å². The van der Waals surface area contributed by atoms with Gasteiger partial charge in [0.1, 0.15) is 12.7 Å². The highest BCUT2D eigenvalue weighted by atomic mass is 19.1. The first-order valence-corrected chi connectivity index (χ1v) is 2.75. The molecule has 1 aliphatic heterocycles. The summed E-state index contributed by atoms with van der Waals surface area (Å²) in [6.07, 6.45) is -0.347. The quantitative estimate of drug-likeness (QED) is 0.490. The summed E-state index contributed by atoms with van der Waals surface area (Å²) in [7, 11) is 0. The van der Waals surface area contributed by atoms with Crippen LogP contribution in [0.25, 0.3) is 0 Å². The van der Waals surface area contributed by atoms with Crippen molar-refractivity contribution in [3.8, 4) is 0 Å². The van der Waals surface area contributed by atoms with Gasteiger partial charge in [0.2, 0.25) is 0 Å². The number of rotatable bonds is 0. The van der Waals surface area contributed by atoms with Crippen LogP contribution < -0.4 is 0 Å². The molecular formula is C6H9FO3. The number of carbonyl (C=O) groups is 1. The van der Waals surface area contributed by atoms with Crippen LogP contribution in [0.15, 0.2) is 12.9 Å². The van der Waals surface area contributed by atoms with Crippen LogP contribution >= 0.6 is 0 Å². The van der Waals surface area contributed by atoms with E-state index in [4.69, 9.17) is 0 Å². The molecule has 1 atom stereocenters. The van der Waals surface area contributed by atoms with Crippen molar-refractivity contribution in [2.24, 2.45) is 0 Å². The SMILES string of the molecule is C=CF.CC1COC(=O)O1. The first-order valence-electron chi connectivity index (χ1n) is 2.75. The van der Waals surface area contributed by atoms with Crippen LogP contribution in [-0.4, -0.2) is 18.9 Å². The number of hydrogen-bond acceptors (Lipinski definition) is 3. The van der Waals surface area contributed by atoms with Crippen LogP contribution in [0.4, 0.5) is 9.18 Å². The molecule has 0 aromatic rings. The summed E-state index contributed by atoms with van der Waals surface area (Å²) >= 11 is 0. The Kier molecular flexibility index (Phi) is 4.28. The Bertz CT molecular complexity index is 124. The summed E-state index contributed by atoms with van der Waals surface area (Å²) in [5.41, 5.74) is 0. The third-order valence-corrected chi connectivity index (χ3v) is 0.733. The molecule has 0 aliphatic carbocycles. The van der Waals surface area contributed by atoms with Gasteiger partial charge in [0.25, 0.3) is 0 Å². The van der Waals surface area contributed by atoms with E-state index in [1.54, 1.807) is 6.92 Å². The van der Waals surface area contributed by atoms with Gasteiger partial charge in [-0.25, -0.2) is 9.18 Å². The van der Waals surface area contributed by atoms with E-state index in [2.05, 4.69) is 16.1 Å². The summed E-state index contributed by atoms with van der Waals surface area (Å²) in [5, 5.41) is 0. The number of carbonyl (C=O) groups excluding carboxylic acids is 1. The second-order valence-electron chi connectivity index (χ2n) is 1.64. The lowest BCUT2D eigenvalue weighted by molar-refractivity contribution is 0.121. The summed E-state index contributed by atoms with van der Waals surface area (Å²) in [6.45, 7) is 4.88. The van der Waals surface area contributed by atoms with Crippen molar-refractivity contribution in [2.45, 2.75) is 13.0 Å². The molecule has 1 rings (SSSR count). The van der Waals surface area contributed by atoms with Crippen LogP contribution in [0.1, 0.15) is 6.92 Å². The number of halogens is 1. The van der Waals surface area contributed by atoms with E-state index >= 15 is 0 Å². The minimum Gasteiger partial charge on any atom is -0.430 e. The maximum absolute atomic E-state index is 10.1. The van der Waals surface area contributed by atoms with Gasteiger partial charge in [-0.3, -0.25) is 0 Å². The zero-order valence-electron chi connectivity index (χ0n) is 5.67. The monoisotopic (exact) mass is 148 g/mol. The van der Waals surface area contributed by atoms with Crippen LogP contribution in [0.2, 0.25) is 0 Å². The molecule has 10 heavy (non-hydrogen) atoms. The molecule has 0 radical (unpaired) electrons. The van der Waals surface area contributed by atoms with E-state index in [1.807, 2.05) is 0 Å². The van der Waals surface area contributed by atoms with Crippen LogP contribution in [0.5, 0.6) is 0 Å². The Balaban J connectivity index is 0.000000236. The molecule has 0 spiro atoms. The minimum absolute atomic E-state index is 0.0486. The van der Waals surface area contributed by atoms with Crippen molar-refractivity contribution >= 4 is 6.16 Å². The van der Waals surface area contributed by atoms with Gasteiger partial charge in [-0.1, -0.05) is 6.58 Å². The normalized spacial score (nSPS) is 21.8. The van der Waals surface area contributed by atoms with Gasteiger partial charge in [0.15, 0.2) is 0 Å². The fraction of sp³-hybridized carbons (Fsp3) is 0.500. The summed E-state index contributed by atoms with van der Waals surface area (Å²) in [6, 6.07) is 0. The summed E-state index contributed by atoms with van der Waals surface area (Å²) < 4.78 is 19.0. The molecule has 0 saturated carbocycles. The van der Waals surface area contributed by atoms with E-state index in [-0.39, 0.29) is 12.4 Å². The van der Waals surface area contributed by atoms with Crippen molar-refractivity contribution in [3.63, 3.8) is 0 Å². The van der Waals surface area contributed by atoms with E-state index < -0.39 is 6.16 Å². The molecule has 1 aliphatic rings. The van der Waals surface area contributed by atoms with Crippen molar-refractivity contribution in [1.29, 1.82) is 0 Å². The van der Waals surface area contributed by atoms with Crippen LogP contribution in [0.3, 0.4) is 0 Å². The second kappa shape index (κ2) is 4.78. The second-order valence-corrected chi connectivity index (χ2v) is 1.64. The largest absolute Gasteiger partial charge is 0.508 e. The molecule has 1 heterocycles. The van der Waals surface area contributed by atoms with E-state index in [0.717, 1.165) is 0 Å². The van der Waals surface area contributed by atoms with Crippen molar-refractivity contribution in [3.05, 3.63) is 12.9 Å². The van der Waals surface area contributed by atoms with Gasteiger partial charge in [0, 0.05) is 0 Å². The average Bonchev–Trinajstić information content (AvgIpc) is 2.17. The van der Waals surface area contributed by atoms with E-state index in [9.17, 15) is 9.18 Å². The van der Waals surface area contributed by atoms with E-state index in [1.165, 1.54) is 0 Å². The molecule has 0 aromatic heterocycles. The summed E-state index contributed by atoms with van der Waals surface area (Å²) in [4.78, 5) is 10.0. The maximum Gasteiger partial charge on any atom is 0.508 e. The molecule has 0 N–H and O–H groups in total. The minimum atomic E-state index is -0.549. The zero-order valence-corrected chi connectivity index (χ0v) is 5.67. The smallest absolute Gasteiger partial charge is 0.430 e. The number of ether oxygens (including phenoxy) is 2. The molecule has 1 fully saturated rings. The fourth-order valence-corrected chi connectivity index (χ4v) is 0.418. The fourth-order valence-electron chi connectivity index (χ4n) is 0.418. The summed E-state index contributed by atoms with van der Waals surface area (Å²) in [5.74, 6) is 0. The lowest BCUT2D eigenvalue weighted by atomic mass is 10.5. The Morgan fingerprint density at radius 2 is 2.40 bits per heavy atom. The van der Waals surface area contributed by atoms with Crippen molar-refractivity contribution in [1.82, 2.24) is 0 Å². The Hall–Kier alpha value is -1.06. The standard InChI is InChI=1S/C4H6O3.C2H3F/c1-3-2-6-4(5)7-3;1-2-3/h3H,2H2,1H3;2H,1H2. The third kappa shape index (κ3) is 3.88. The molecule has 1 saturated heterocycles. The lowest BCUT2D eigenvalue weighted by Crippen LogP contribution is -2.01. The highest BCUT2D eigenvalue weighted by Crippen LogP contribution is 2.02.